The van der Waals surface area contributed by atoms with Crippen molar-refractivity contribution in [2.24, 2.45) is 11.1 Å². The molecular weight excluding hydrogens is 216 g/mol. The van der Waals surface area contributed by atoms with Crippen molar-refractivity contribution in [3.05, 3.63) is 12.2 Å². The third-order valence-electron chi connectivity index (χ3n) is 3.32. The van der Waals surface area contributed by atoms with Gasteiger partial charge in [-0.25, -0.2) is 4.98 Å². The topological polar surface area (TPSA) is 77.0 Å². The van der Waals surface area contributed by atoms with Gasteiger partial charge in [0.05, 0.1) is 5.60 Å². The zero-order chi connectivity index (χ0) is 13.1. The van der Waals surface area contributed by atoms with E-state index in [4.69, 9.17) is 5.73 Å². The van der Waals surface area contributed by atoms with Gasteiger partial charge in [-0.15, -0.1) is 0 Å². The van der Waals surface area contributed by atoms with Crippen LogP contribution in [-0.2, 0) is 13.0 Å². The van der Waals surface area contributed by atoms with Crippen LogP contribution in [0.4, 0.5) is 0 Å². The van der Waals surface area contributed by atoms with Crippen molar-refractivity contribution >= 4 is 0 Å². The molecule has 17 heavy (non-hydrogen) atoms. The van der Waals surface area contributed by atoms with Gasteiger partial charge in [-0.2, -0.15) is 5.10 Å². The Morgan fingerprint density at radius 1 is 1.41 bits per heavy atom. The fourth-order valence-corrected chi connectivity index (χ4v) is 1.73. The van der Waals surface area contributed by atoms with Crippen molar-refractivity contribution < 1.29 is 5.11 Å². The molecule has 0 bridgehead atoms. The second-order valence-corrected chi connectivity index (χ2v) is 5.56. The summed E-state index contributed by atoms with van der Waals surface area (Å²) >= 11 is 0. The monoisotopic (exact) mass is 240 g/mol. The molecule has 1 unspecified atom stereocenters. The van der Waals surface area contributed by atoms with Gasteiger partial charge in [0, 0.05) is 19.5 Å². The zero-order valence-electron chi connectivity index (χ0n) is 11.3. The molecule has 98 valence electrons. The first-order valence-electron chi connectivity index (χ1n) is 6.13. The molecule has 5 nitrogen and oxygen atoms in total. The lowest BCUT2D eigenvalue weighted by Crippen LogP contribution is -2.51. The Kier molecular flexibility index (Phi) is 4.27. The summed E-state index contributed by atoms with van der Waals surface area (Å²) in [5.41, 5.74) is 4.49. The highest BCUT2D eigenvalue weighted by Gasteiger charge is 2.40. The summed E-state index contributed by atoms with van der Waals surface area (Å²) in [7, 11) is 0. The molecule has 1 heterocycles. The van der Waals surface area contributed by atoms with E-state index in [0.29, 0.717) is 6.42 Å². The first kappa shape index (κ1) is 14.1. The SMILES string of the molecule is CCCn1ncnc1CC(O)(CN)C(C)(C)C. The van der Waals surface area contributed by atoms with E-state index in [9.17, 15) is 5.11 Å². The third-order valence-corrected chi connectivity index (χ3v) is 3.32. The largest absolute Gasteiger partial charge is 0.388 e. The maximum Gasteiger partial charge on any atom is 0.138 e. The van der Waals surface area contributed by atoms with Gasteiger partial charge in [0.15, 0.2) is 0 Å². The standard InChI is InChI=1S/C12H24N4O/c1-5-6-16-10(14-9-15-16)7-12(17,8-13)11(2,3)4/h9,17H,5-8,13H2,1-4H3. The first-order chi connectivity index (χ1) is 7.84. The minimum Gasteiger partial charge on any atom is -0.388 e. The van der Waals surface area contributed by atoms with Crippen LogP contribution in [0.15, 0.2) is 6.33 Å². The molecule has 0 aliphatic heterocycles. The molecule has 1 rings (SSSR count). The highest BCUT2D eigenvalue weighted by Crippen LogP contribution is 2.32. The Hall–Kier alpha value is -0.940. The van der Waals surface area contributed by atoms with Crippen LogP contribution in [-0.4, -0.2) is 32.0 Å². The van der Waals surface area contributed by atoms with Gasteiger partial charge >= 0.3 is 0 Å². The number of aromatic nitrogens is 3. The molecule has 1 aromatic heterocycles. The Labute approximate surface area is 103 Å². The van der Waals surface area contributed by atoms with Crippen molar-refractivity contribution in [2.75, 3.05) is 6.54 Å². The number of hydrogen-bond donors (Lipinski definition) is 2. The predicted molar refractivity (Wildman–Crippen MR) is 67.5 cm³/mol. The van der Waals surface area contributed by atoms with Crippen molar-refractivity contribution in [1.82, 2.24) is 14.8 Å². The summed E-state index contributed by atoms with van der Waals surface area (Å²) in [5.74, 6) is 0.801. The molecule has 0 aliphatic rings. The van der Waals surface area contributed by atoms with Gasteiger partial charge < -0.3 is 10.8 Å². The zero-order valence-corrected chi connectivity index (χ0v) is 11.3. The molecule has 5 heteroatoms. The van der Waals surface area contributed by atoms with Gasteiger partial charge in [-0.05, 0) is 11.8 Å². The smallest absolute Gasteiger partial charge is 0.138 e. The second-order valence-electron chi connectivity index (χ2n) is 5.56. The molecule has 0 spiro atoms. The molecule has 0 saturated heterocycles. The maximum absolute atomic E-state index is 10.6. The van der Waals surface area contributed by atoms with Crippen LogP contribution in [0.3, 0.4) is 0 Å². The van der Waals surface area contributed by atoms with E-state index in [-0.39, 0.29) is 12.0 Å². The molecule has 0 saturated carbocycles. The van der Waals surface area contributed by atoms with Gasteiger partial charge in [0.25, 0.3) is 0 Å². The van der Waals surface area contributed by atoms with E-state index in [1.54, 1.807) is 0 Å². The molecule has 1 aromatic rings. The summed E-state index contributed by atoms with van der Waals surface area (Å²) in [6, 6.07) is 0. The van der Waals surface area contributed by atoms with Crippen molar-refractivity contribution in [2.45, 2.75) is 52.7 Å². The fraction of sp³-hybridized carbons (Fsp3) is 0.833. The average molecular weight is 240 g/mol. The molecule has 0 fully saturated rings. The fourth-order valence-electron chi connectivity index (χ4n) is 1.73. The summed E-state index contributed by atoms with van der Waals surface area (Å²) in [6.45, 7) is 9.08. The second kappa shape index (κ2) is 5.14. The molecular formula is C12H24N4O. The van der Waals surface area contributed by atoms with Crippen molar-refractivity contribution in [1.29, 1.82) is 0 Å². The number of hydrogen-bond acceptors (Lipinski definition) is 4. The van der Waals surface area contributed by atoms with Crippen molar-refractivity contribution in [3.8, 4) is 0 Å². The molecule has 0 radical (unpaired) electrons. The lowest BCUT2D eigenvalue weighted by molar-refractivity contribution is -0.0512. The predicted octanol–water partition coefficient (Wildman–Crippen LogP) is 0.966. The Balaban J connectivity index is 2.91. The summed E-state index contributed by atoms with van der Waals surface area (Å²) in [6.07, 6.45) is 2.96. The van der Waals surface area contributed by atoms with Crippen LogP contribution < -0.4 is 5.73 Å². The first-order valence-corrected chi connectivity index (χ1v) is 6.13. The van der Waals surface area contributed by atoms with Gasteiger partial charge in [0.1, 0.15) is 12.2 Å². The lowest BCUT2D eigenvalue weighted by atomic mass is 9.74. The van der Waals surface area contributed by atoms with Gasteiger partial charge in [-0.1, -0.05) is 27.7 Å². The highest BCUT2D eigenvalue weighted by atomic mass is 16.3. The number of rotatable bonds is 5. The summed E-state index contributed by atoms with van der Waals surface area (Å²) in [5, 5.41) is 14.8. The van der Waals surface area contributed by atoms with Crippen LogP contribution in [0, 0.1) is 5.41 Å². The van der Waals surface area contributed by atoms with Crippen LogP contribution in [0.2, 0.25) is 0 Å². The van der Waals surface area contributed by atoms with E-state index in [1.165, 1.54) is 6.33 Å². The van der Waals surface area contributed by atoms with Crippen LogP contribution in [0.1, 0.15) is 39.9 Å². The maximum atomic E-state index is 10.6. The number of aryl methyl sites for hydroxylation is 1. The molecule has 3 N–H and O–H groups in total. The minimum atomic E-state index is -0.953. The Morgan fingerprint density at radius 2 is 2.06 bits per heavy atom. The molecule has 0 aliphatic carbocycles. The van der Waals surface area contributed by atoms with E-state index in [2.05, 4.69) is 17.0 Å². The number of aliphatic hydroxyl groups is 1. The highest BCUT2D eigenvalue weighted by molar-refractivity contribution is 5.01. The summed E-state index contributed by atoms with van der Waals surface area (Å²) < 4.78 is 1.84. The molecule has 0 aromatic carbocycles. The Bertz CT molecular complexity index is 356. The average Bonchev–Trinajstić information content (AvgIpc) is 2.64. The van der Waals surface area contributed by atoms with Crippen molar-refractivity contribution in [3.63, 3.8) is 0 Å². The van der Waals surface area contributed by atoms with Crippen LogP contribution in [0.25, 0.3) is 0 Å². The van der Waals surface area contributed by atoms with E-state index >= 15 is 0 Å². The van der Waals surface area contributed by atoms with E-state index < -0.39 is 5.60 Å². The molecule has 1 atom stereocenters. The van der Waals surface area contributed by atoms with Gasteiger partial charge in [-0.3, -0.25) is 4.68 Å². The quantitative estimate of drug-likeness (QED) is 0.804. The lowest BCUT2D eigenvalue weighted by Gasteiger charge is -2.39. The third kappa shape index (κ3) is 3.04. The summed E-state index contributed by atoms with van der Waals surface area (Å²) in [4.78, 5) is 4.22. The molecule has 0 amide bonds. The van der Waals surface area contributed by atoms with Crippen LogP contribution >= 0.6 is 0 Å². The van der Waals surface area contributed by atoms with Crippen LogP contribution in [0.5, 0.6) is 0 Å². The normalized spacial score (nSPS) is 15.9. The minimum absolute atomic E-state index is 0.218. The van der Waals surface area contributed by atoms with E-state index in [0.717, 1.165) is 18.8 Å². The van der Waals surface area contributed by atoms with Gasteiger partial charge in [0.2, 0.25) is 0 Å². The number of nitrogens with zero attached hydrogens (tertiary/aromatic N) is 3. The Morgan fingerprint density at radius 3 is 2.53 bits per heavy atom. The van der Waals surface area contributed by atoms with E-state index in [1.807, 2.05) is 25.5 Å². The number of nitrogens with two attached hydrogens (primary N) is 1.